The van der Waals surface area contributed by atoms with Gasteiger partial charge in [-0.05, 0) is 55.9 Å². The normalized spacial score (nSPS) is 17.3. The fraction of sp³-hybridized carbons (Fsp3) is 0.364. The first-order chi connectivity index (χ1) is 13.6. The number of methoxy groups -OCH3 is 1. The summed E-state index contributed by atoms with van der Waals surface area (Å²) < 4.78 is 5.47. The van der Waals surface area contributed by atoms with Gasteiger partial charge in [-0.15, -0.1) is 0 Å². The van der Waals surface area contributed by atoms with Crippen molar-refractivity contribution in [1.82, 2.24) is 10.3 Å². The number of non-ortho nitro benzene ring substituents is 1. The summed E-state index contributed by atoms with van der Waals surface area (Å²) in [4.78, 5) is 14.3. The molecular formula is C22H25N3O3. The van der Waals surface area contributed by atoms with E-state index >= 15 is 0 Å². The van der Waals surface area contributed by atoms with Gasteiger partial charge in [0, 0.05) is 40.8 Å². The van der Waals surface area contributed by atoms with Crippen molar-refractivity contribution in [2.75, 3.05) is 7.11 Å². The minimum absolute atomic E-state index is 0.147. The van der Waals surface area contributed by atoms with Crippen LogP contribution in [0.4, 0.5) is 5.69 Å². The van der Waals surface area contributed by atoms with Crippen LogP contribution >= 0.6 is 0 Å². The maximum absolute atomic E-state index is 11.1. The zero-order valence-electron chi connectivity index (χ0n) is 16.2. The van der Waals surface area contributed by atoms with E-state index < -0.39 is 0 Å². The number of fused-ring (bicyclic) bond motifs is 3. The van der Waals surface area contributed by atoms with Gasteiger partial charge in [0.2, 0.25) is 0 Å². The first kappa shape index (κ1) is 18.5. The Bertz CT molecular complexity index is 1010. The minimum atomic E-state index is -0.327. The Hall–Kier alpha value is -2.86. The number of hydrogen-bond donors (Lipinski definition) is 2. The molecule has 28 heavy (non-hydrogen) atoms. The predicted molar refractivity (Wildman–Crippen MR) is 110 cm³/mol. The molecule has 0 aliphatic heterocycles. The fourth-order valence-electron chi connectivity index (χ4n) is 4.33. The Morgan fingerprint density at radius 1 is 1.32 bits per heavy atom. The van der Waals surface area contributed by atoms with Gasteiger partial charge in [-0.2, -0.15) is 0 Å². The standard InChI is InChI=1S/C22H25N3O3/c1-14(12-15-6-3-4-9-21(15)28-2)23-20-8-5-7-17-18-13-16(25(26)27)10-11-19(18)24-22(17)20/h3-4,6,9-11,13-14,20,23-24H,5,7-8,12H2,1-2H3/t14-,20-/m0/s1. The van der Waals surface area contributed by atoms with Gasteiger partial charge in [0.25, 0.3) is 5.69 Å². The smallest absolute Gasteiger partial charge is 0.270 e. The van der Waals surface area contributed by atoms with E-state index in [0.29, 0.717) is 0 Å². The highest BCUT2D eigenvalue weighted by Crippen LogP contribution is 2.36. The van der Waals surface area contributed by atoms with Crippen LogP contribution in [-0.2, 0) is 12.8 Å². The molecule has 2 aromatic carbocycles. The van der Waals surface area contributed by atoms with Crippen LogP contribution in [0.2, 0.25) is 0 Å². The number of nitrogens with one attached hydrogen (secondary N) is 2. The Balaban J connectivity index is 1.57. The van der Waals surface area contributed by atoms with Crippen LogP contribution in [-0.4, -0.2) is 23.1 Å². The molecule has 0 amide bonds. The van der Waals surface area contributed by atoms with Crippen molar-refractivity contribution in [3.8, 4) is 5.75 Å². The van der Waals surface area contributed by atoms with Crippen molar-refractivity contribution < 1.29 is 9.66 Å². The summed E-state index contributed by atoms with van der Waals surface area (Å²) in [5.74, 6) is 0.915. The molecule has 6 nitrogen and oxygen atoms in total. The van der Waals surface area contributed by atoms with E-state index in [1.807, 2.05) is 24.3 Å². The zero-order chi connectivity index (χ0) is 19.7. The summed E-state index contributed by atoms with van der Waals surface area (Å²) in [6.07, 6.45) is 3.96. The quantitative estimate of drug-likeness (QED) is 0.481. The lowest BCUT2D eigenvalue weighted by Crippen LogP contribution is -2.34. The number of aromatic nitrogens is 1. The van der Waals surface area contributed by atoms with E-state index in [-0.39, 0.29) is 22.7 Å². The molecule has 0 bridgehead atoms. The summed E-state index contributed by atoms with van der Waals surface area (Å²) in [5.41, 5.74) is 4.70. The molecular weight excluding hydrogens is 354 g/mol. The van der Waals surface area contributed by atoms with Crippen LogP contribution < -0.4 is 10.1 Å². The van der Waals surface area contributed by atoms with Crippen molar-refractivity contribution in [3.05, 3.63) is 69.4 Å². The number of aromatic amines is 1. The first-order valence-corrected chi connectivity index (χ1v) is 9.73. The van der Waals surface area contributed by atoms with Gasteiger partial charge >= 0.3 is 0 Å². The van der Waals surface area contributed by atoms with Gasteiger partial charge < -0.3 is 15.0 Å². The van der Waals surface area contributed by atoms with E-state index in [4.69, 9.17) is 4.74 Å². The molecule has 3 aromatic rings. The van der Waals surface area contributed by atoms with E-state index in [0.717, 1.165) is 42.3 Å². The maximum Gasteiger partial charge on any atom is 0.270 e. The van der Waals surface area contributed by atoms with Gasteiger partial charge in [0.05, 0.1) is 12.0 Å². The molecule has 2 atom stereocenters. The highest BCUT2D eigenvalue weighted by molar-refractivity contribution is 5.87. The number of aryl methyl sites for hydroxylation is 1. The number of rotatable bonds is 6. The van der Waals surface area contributed by atoms with Crippen molar-refractivity contribution in [2.24, 2.45) is 0 Å². The Morgan fingerprint density at radius 3 is 2.93 bits per heavy atom. The lowest BCUT2D eigenvalue weighted by Gasteiger charge is -2.27. The summed E-state index contributed by atoms with van der Waals surface area (Å²) in [6.45, 7) is 2.19. The van der Waals surface area contributed by atoms with Crippen molar-refractivity contribution in [1.29, 1.82) is 0 Å². The third-order valence-electron chi connectivity index (χ3n) is 5.61. The maximum atomic E-state index is 11.1. The molecule has 1 aromatic heterocycles. The molecule has 0 saturated heterocycles. The lowest BCUT2D eigenvalue weighted by atomic mass is 9.91. The second-order valence-corrected chi connectivity index (χ2v) is 7.53. The van der Waals surface area contributed by atoms with Crippen LogP contribution in [0.15, 0.2) is 42.5 Å². The number of hydrogen-bond acceptors (Lipinski definition) is 4. The predicted octanol–water partition coefficient (Wildman–Crippen LogP) is 4.68. The number of nitro groups is 1. The highest BCUT2D eigenvalue weighted by atomic mass is 16.6. The van der Waals surface area contributed by atoms with E-state index in [9.17, 15) is 10.1 Å². The summed E-state index contributed by atoms with van der Waals surface area (Å²) in [5, 5.41) is 15.9. The molecule has 0 spiro atoms. The molecule has 0 radical (unpaired) electrons. The van der Waals surface area contributed by atoms with Crippen molar-refractivity contribution in [2.45, 2.75) is 44.7 Å². The Morgan fingerprint density at radius 2 is 2.14 bits per heavy atom. The minimum Gasteiger partial charge on any atom is -0.496 e. The molecule has 2 N–H and O–H groups in total. The van der Waals surface area contributed by atoms with Crippen molar-refractivity contribution in [3.63, 3.8) is 0 Å². The van der Waals surface area contributed by atoms with Gasteiger partial charge in [0.1, 0.15) is 5.75 Å². The third kappa shape index (κ3) is 3.47. The number of nitrogens with zero attached hydrogens (tertiary/aromatic N) is 1. The summed E-state index contributed by atoms with van der Waals surface area (Å²) in [6, 6.07) is 13.7. The van der Waals surface area contributed by atoms with Gasteiger partial charge in [0.15, 0.2) is 0 Å². The lowest BCUT2D eigenvalue weighted by molar-refractivity contribution is -0.384. The fourth-order valence-corrected chi connectivity index (χ4v) is 4.33. The number of ether oxygens (including phenoxy) is 1. The van der Waals surface area contributed by atoms with Crippen LogP contribution in [0.3, 0.4) is 0 Å². The van der Waals surface area contributed by atoms with Crippen LogP contribution in [0.25, 0.3) is 10.9 Å². The SMILES string of the molecule is COc1ccccc1C[C@H](C)N[C@H]1CCCc2c1[nH]c1ccc([N+](=O)[O-])cc21. The summed E-state index contributed by atoms with van der Waals surface area (Å²) >= 11 is 0. The number of para-hydroxylation sites is 1. The Labute approximate surface area is 164 Å². The topological polar surface area (TPSA) is 80.2 Å². The van der Waals surface area contributed by atoms with Crippen molar-refractivity contribution >= 4 is 16.6 Å². The zero-order valence-corrected chi connectivity index (χ0v) is 16.2. The second kappa shape index (κ2) is 7.64. The largest absolute Gasteiger partial charge is 0.496 e. The van der Waals surface area contributed by atoms with E-state index in [2.05, 4.69) is 23.3 Å². The molecule has 6 heteroatoms. The number of benzene rings is 2. The summed E-state index contributed by atoms with van der Waals surface area (Å²) in [7, 11) is 1.70. The number of H-pyrrole nitrogens is 1. The van der Waals surface area contributed by atoms with Gasteiger partial charge in [-0.1, -0.05) is 18.2 Å². The van der Waals surface area contributed by atoms with Crippen LogP contribution in [0.5, 0.6) is 5.75 Å². The van der Waals surface area contributed by atoms with Gasteiger partial charge in [-0.25, -0.2) is 0 Å². The molecule has 146 valence electrons. The molecule has 1 aliphatic carbocycles. The van der Waals surface area contributed by atoms with E-state index in [1.165, 1.54) is 16.8 Å². The second-order valence-electron chi connectivity index (χ2n) is 7.53. The molecule has 1 heterocycles. The molecule has 0 saturated carbocycles. The Kier molecular flexibility index (Phi) is 5.05. The molecule has 0 unspecified atom stereocenters. The highest BCUT2D eigenvalue weighted by Gasteiger charge is 2.26. The molecule has 0 fully saturated rings. The van der Waals surface area contributed by atoms with Crippen LogP contribution in [0, 0.1) is 10.1 Å². The van der Waals surface area contributed by atoms with Crippen LogP contribution in [0.1, 0.15) is 42.6 Å². The average molecular weight is 379 g/mol. The van der Waals surface area contributed by atoms with Gasteiger partial charge in [-0.3, -0.25) is 10.1 Å². The monoisotopic (exact) mass is 379 g/mol. The molecule has 1 aliphatic rings. The number of nitro benzene ring substituents is 1. The average Bonchev–Trinajstić information content (AvgIpc) is 3.07. The third-order valence-corrected chi connectivity index (χ3v) is 5.61. The molecule has 4 rings (SSSR count). The van der Waals surface area contributed by atoms with E-state index in [1.54, 1.807) is 19.2 Å². The first-order valence-electron chi connectivity index (χ1n) is 9.73.